The molecule has 0 heterocycles. The van der Waals surface area contributed by atoms with Crippen LogP contribution >= 0.6 is 0 Å². The van der Waals surface area contributed by atoms with Crippen LogP contribution in [0.2, 0.25) is 0 Å². The number of hydrogen-bond acceptors (Lipinski definition) is 4. The van der Waals surface area contributed by atoms with Crippen LogP contribution in [0.3, 0.4) is 0 Å². The van der Waals surface area contributed by atoms with E-state index in [-0.39, 0.29) is 0 Å². The van der Waals surface area contributed by atoms with E-state index in [1.54, 1.807) is 13.2 Å². The maximum absolute atomic E-state index is 11.8. The van der Waals surface area contributed by atoms with Gasteiger partial charge in [0.2, 0.25) is 0 Å². The summed E-state index contributed by atoms with van der Waals surface area (Å²) in [5.41, 5.74) is 3.80. The molecule has 4 heteroatoms. The molecule has 0 aliphatic heterocycles. The fourth-order valence-corrected chi connectivity index (χ4v) is 3.04. The van der Waals surface area contributed by atoms with Gasteiger partial charge in [0.15, 0.2) is 0 Å². The fraction of sp³-hybridized carbons (Fsp3) is 0.208. The van der Waals surface area contributed by atoms with E-state index in [4.69, 9.17) is 14.2 Å². The minimum atomic E-state index is -0.400. The van der Waals surface area contributed by atoms with Gasteiger partial charge in [0.25, 0.3) is 0 Å². The summed E-state index contributed by atoms with van der Waals surface area (Å²) in [5.74, 6) is 1.02. The summed E-state index contributed by atoms with van der Waals surface area (Å²) in [6, 6.07) is 23.8. The maximum atomic E-state index is 11.8. The minimum Gasteiger partial charge on any atom is -0.496 e. The second kappa shape index (κ2) is 9.60. The number of ether oxygens (including phenoxy) is 3. The van der Waals surface area contributed by atoms with Gasteiger partial charge >= 0.3 is 5.97 Å². The zero-order chi connectivity index (χ0) is 19.8. The van der Waals surface area contributed by atoms with Gasteiger partial charge in [0, 0.05) is 0 Å². The highest BCUT2D eigenvalue weighted by Gasteiger charge is 2.13. The highest BCUT2D eigenvalue weighted by Crippen LogP contribution is 2.24. The Morgan fingerprint density at radius 3 is 2.29 bits per heavy atom. The van der Waals surface area contributed by atoms with Gasteiger partial charge in [-0.05, 0) is 47.7 Å². The lowest BCUT2D eigenvalue weighted by Gasteiger charge is -2.13. The van der Waals surface area contributed by atoms with Crippen molar-refractivity contribution in [2.45, 2.75) is 19.4 Å². The lowest BCUT2D eigenvalue weighted by molar-refractivity contribution is 0.0597. The molecular weight excluding hydrogens is 352 g/mol. The lowest BCUT2D eigenvalue weighted by atomic mass is 10.0. The van der Waals surface area contributed by atoms with E-state index in [0.29, 0.717) is 17.9 Å². The van der Waals surface area contributed by atoms with Gasteiger partial charge in [0.05, 0.1) is 14.2 Å². The maximum Gasteiger partial charge on any atom is 0.341 e. The van der Waals surface area contributed by atoms with Crippen molar-refractivity contribution in [2.24, 2.45) is 0 Å². The molecule has 0 fully saturated rings. The van der Waals surface area contributed by atoms with Gasteiger partial charge in [-0.1, -0.05) is 54.6 Å². The van der Waals surface area contributed by atoms with Crippen LogP contribution in [0.4, 0.5) is 0 Å². The number of para-hydroxylation sites is 1. The quantitative estimate of drug-likeness (QED) is 0.528. The van der Waals surface area contributed by atoms with E-state index in [0.717, 1.165) is 35.3 Å². The summed E-state index contributed by atoms with van der Waals surface area (Å²) in [7, 11) is 2.92. The smallest absolute Gasteiger partial charge is 0.341 e. The van der Waals surface area contributed by atoms with Crippen LogP contribution in [0, 0.1) is 0 Å². The zero-order valence-electron chi connectivity index (χ0n) is 16.2. The third-order valence-corrected chi connectivity index (χ3v) is 4.56. The van der Waals surface area contributed by atoms with Gasteiger partial charge in [0.1, 0.15) is 23.7 Å². The van der Waals surface area contributed by atoms with E-state index >= 15 is 0 Å². The van der Waals surface area contributed by atoms with E-state index in [1.807, 2.05) is 48.5 Å². The number of carbonyl (C=O) groups excluding carboxylic acids is 1. The molecular formula is C24H24O4. The van der Waals surface area contributed by atoms with Crippen LogP contribution in [-0.2, 0) is 24.2 Å². The molecule has 0 saturated heterocycles. The Kier molecular flexibility index (Phi) is 6.68. The number of esters is 1. The molecule has 0 aliphatic carbocycles. The first kappa shape index (κ1) is 19.5. The number of benzene rings is 3. The second-order valence-corrected chi connectivity index (χ2v) is 6.41. The normalized spacial score (nSPS) is 10.4. The van der Waals surface area contributed by atoms with Gasteiger partial charge in [-0.2, -0.15) is 0 Å². The number of methoxy groups -OCH3 is 2. The van der Waals surface area contributed by atoms with E-state index in [9.17, 15) is 4.79 Å². The molecule has 0 amide bonds. The first-order valence-corrected chi connectivity index (χ1v) is 9.21. The number of rotatable bonds is 8. The Bertz CT molecular complexity index is 919. The van der Waals surface area contributed by atoms with Crippen LogP contribution < -0.4 is 9.47 Å². The summed E-state index contributed by atoms with van der Waals surface area (Å²) >= 11 is 0. The molecule has 3 aromatic carbocycles. The third-order valence-electron chi connectivity index (χ3n) is 4.56. The molecule has 0 bridgehead atoms. The van der Waals surface area contributed by atoms with Gasteiger partial charge < -0.3 is 14.2 Å². The summed E-state index contributed by atoms with van der Waals surface area (Å²) in [6.07, 6.45) is 1.63. The number of carbonyl (C=O) groups is 1. The highest BCUT2D eigenvalue weighted by molar-refractivity contribution is 5.92. The molecule has 0 spiro atoms. The Balaban J connectivity index is 1.68. The second-order valence-electron chi connectivity index (χ2n) is 6.41. The monoisotopic (exact) mass is 376 g/mol. The molecule has 0 radical (unpaired) electrons. The van der Waals surface area contributed by atoms with Crippen molar-refractivity contribution in [1.82, 2.24) is 0 Å². The predicted octanol–water partition coefficient (Wildman–Crippen LogP) is 4.85. The zero-order valence-corrected chi connectivity index (χ0v) is 16.2. The van der Waals surface area contributed by atoms with Gasteiger partial charge in [-0.15, -0.1) is 0 Å². The van der Waals surface area contributed by atoms with Crippen LogP contribution in [0.15, 0.2) is 72.8 Å². The minimum absolute atomic E-state index is 0.400. The molecule has 0 aromatic heterocycles. The third kappa shape index (κ3) is 4.92. The molecule has 3 aromatic rings. The SMILES string of the molecule is COC(=O)c1ccc(CCc2ccccc2OCc2ccccc2)cc1OC. The Morgan fingerprint density at radius 1 is 0.786 bits per heavy atom. The molecule has 0 aliphatic rings. The van der Waals surface area contributed by atoms with Crippen molar-refractivity contribution in [1.29, 1.82) is 0 Å². The van der Waals surface area contributed by atoms with Crippen molar-refractivity contribution >= 4 is 5.97 Å². The Morgan fingerprint density at radius 2 is 1.54 bits per heavy atom. The molecule has 0 saturated carbocycles. The van der Waals surface area contributed by atoms with Crippen molar-refractivity contribution in [3.63, 3.8) is 0 Å². The molecule has 28 heavy (non-hydrogen) atoms. The highest BCUT2D eigenvalue weighted by atomic mass is 16.5. The molecule has 4 nitrogen and oxygen atoms in total. The molecule has 3 rings (SSSR count). The van der Waals surface area contributed by atoms with Crippen LogP contribution in [0.1, 0.15) is 27.0 Å². The fourth-order valence-electron chi connectivity index (χ4n) is 3.04. The van der Waals surface area contributed by atoms with E-state index < -0.39 is 5.97 Å². The molecule has 0 atom stereocenters. The molecule has 0 N–H and O–H groups in total. The van der Waals surface area contributed by atoms with Crippen molar-refractivity contribution in [3.05, 3.63) is 95.1 Å². The first-order valence-electron chi connectivity index (χ1n) is 9.21. The largest absolute Gasteiger partial charge is 0.496 e. The van der Waals surface area contributed by atoms with Crippen molar-refractivity contribution in [2.75, 3.05) is 14.2 Å². The molecule has 0 unspecified atom stereocenters. The number of hydrogen-bond donors (Lipinski definition) is 0. The van der Waals surface area contributed by atoms with Gasteiger partial charge in [-0.3, -0.25) is 0 Å². The van der Waals surface area contributed by atoms with Crippen molar-refractivity contribution in [3.8, 4) is 11.5 Å². The average Bonchev–Trinajstić information content (AvgIpc) is 2.76. The Hall–Kier alpha value is -3.27. The van der Waals surface area contributed by atoms with Crippen LogP contribution in [0.25, 0.3) is 0 Å². The summed E-state index contributed by atoms with van der Waals surface area (Å²) in [6.45, 7) is 0.541. The van der Waals surface area contributed by atoms with Crippen molar-refractivity contribution < 1.29 is 19.0 Å². The van der Waals surface area contributed by atoms with Crippen LogP contribution in [-0.4, -0.2) is 20.2 Å². The summed E-state index contributed by atoms with van der Waals surface area (Å²) in [5, 5.41) is 0. The lowest BCUT2D eigenvalue weighted by Crippen LogP contribution is -2.05. The summed E-state index contributed by atoms with van der Waals surface area (Å²) in [4.78, 5) is 11.8. The van der Waals surface area contributed by atoms with E-state index in [2.05, 4.69) is 18.2 Å². The predicted molar refractivity (Wildman–Crippen MR) is 109 cm³/mol. The Labute approximate surface area is 165 Å². The first-order chi connectivity index (χ1) is 13.7. The van der Waals surface area contributed by atoms with E-state index in [1.165, 1.54) is 7.11 Å². The van der Waals surface area contributed by atoms with Crippen LogP contribution in [0.5, 0.6) is 11.5 Å². The standard InChI is InChI=1S/C24H24O4/c1-26-23-16-18(13-15-21(23)24(25)27-2)12-14-20-10-6-7-11-22(20)28-17-19-8-4-3-5-9-19/h3-11,13,15-16H,12,14,17H2,1-2H3. The summed E-state index contributed by atoms with van der Waals surface area (Å²) < 4.78 is 16.2. The molecule has 144 valence electrons. The average molecular weight is 376 g/mol. The topological polar surface area (TPSA) is 44.8 Å². The number of aryl methyl sites for hydroxylation is 2. The van der Waals surface area contributed by atoms with Gasteiger partial charge in [-0.25, -0.2) is 4.79 Å².